The largest absolute Gasteiger partial charge is 0.487 e. The lowest BCUT2D eigenvalue weighted by molar-refractivity contribution is 0.0930. The van der Waals surface area contributed by atoms with Gasteiger partial charge in [0.1, 0.15) is 12.4 Å². The third-order valence-electron chi connectivity index (χ3n) is 5.88. The highest BCUT2D eigenvalue weighted by Crippen LogP contribution is 2.27. The van der Waals surface area contributed by atoms with Gasteiger partial charge in [-0.05, 0) is 73.1 Å². The number of hydrogen-bond acceptors (Lipinski definition) is 2. The van der Waals surface area contributed by atoms with E-state index >= 15 is 0 Å². The fraction of sp³-hybridized carbons (Fsp3) is 0.367. The highest BCUT2D eigenvalue weighted by Gasteiger charge is 2.20. The van der Waals surface area contributed by atoms with Crippen molar-refractivity contribution >= 4 is 17.5 Å². The Labute approximate surface area is 209 Å². The van der Waals surface area contributed by atoms with Gasteiger partial charge in [0.15, 0.2) is 0 Å². The number of carbonyl (C=O) groups is 1. The third-order valence-corrected chi connectivity index (χ3v) is 6.19. The molecule has 1 amide bonds. The highest BCUT2D eigenvalue weighted by atomic mass is 35.5. The molecular weight excluding hydrogens is 442 g/mol. The molecule has 0 radical (unpaired) electrons. The van der Waals surface area contributed by atoms with Gasteiger partial charge in [0, 0.05) is 5.56 Å². The Balaban J connectivity index is 1.84. The fourth-order valence-corrected chi connectivity index (χ4v) is 4.34. The van der Waals surface area contributed by atoms with Crippen molar-refractivity contribution in [1.82, 2.24) is 5.32 Å². The molecule has 0 fully saturated rings. The Kier molecular flexibility index (Phi) is 9.18. The Morgan fingerprint density at radius 3 is 2.47 bits per heavy atom. The predicted molar refractivity (Wildman–Crippen MR) is 142 cm³/mol. The topological polar surface area (TPSA) is 38.3 Å². The number of hydrogen-bond donors (Lipinski definition) is 1. The molecule has 0 heterocycles. The molecule has 0 spiro atoms. The first-order valence-corrected chi connectivity index (χ1v) is 12.5. The number of ether oxygens (including phenoxy) is 1. The number of aryl methyl sites for hydroxylation is 3. The number of benzene rings is 3. The molecule has 0 aromatic heterocycles. The van der Waals surface area contributed by atoms with E-state index in [0.29, 0.717) is 23.3 Å². The SMILES string of the molecule is CCCc1ccc(COc2cc(C)ccc2Cl)cc1C(=O)N[C@H](CC(C)C)c1cccc(C)c1. The van der Waals surface area contributed by atoms with Crippen LogP contribution < -0.4 is 10.1 Å². The van der Waals surface area contributed by atoms with Gasteiger partial charge in [0.05, 0.1) is 11.1 Å². The van der Waals surface area contributed by atoms with Crippen molar-refractivity contribution in [3.63, 3.8) is 0 Å². The van der Waals surface area contributed by atoms with Gasteiger partial charge in [0.25, 0.3) is 5.91 Å². The molecule has 3 rings (SSSR count). The van der Waals surface area contributed by atoms with Crippen molar-refractivity contribution in [2.45, 2.75) is 66.5 Å². The quantitative estimate of drug-likeness (QED) is 0.321. The first kappa shape index (κ1) is 25.8. The predicted octanol–water partition coefficient (Wildman–Crippen LogP) is 8.01. The van der Waals surface area contributed by atoms with Gasteiger partial charge in [-0.25, -0.2) is 0 Å². The summed E-state index contributed by atoms with van der Waals surface area (Å²) in [6.07, 6.45) is 2.71. The molecule has 34 heavy (non-hydrogen) atoms. The van der Waals surface area contributed by atoms with Crippen LogP contribution in [-0.2, 0) is 13.0 Å². The Morgan fingerprint density at radius 1 is 1.00 bits per heavy atom. The van der Waals surface area contributed by atoms with Crippen molar-refractivity contribution < 1.29 is 9.53 Å². The fourth-order valence-electron chi connectivity index (χ4n) is 4.17. The average molecular weight is 478 g/mol. The normalized spacial score (nSPS) is 12.0. The lowest BCUT2D eigenvalue weighted by atomic mass is 9.94. The van der Waals surface area contributed by atoms with Gasteiger partial charge in [-0.15, -0.1) is 0 Å². The van der Waals surface area contributed by atoms with Gasteiger partial charge >= 0.3 is 0 Å². The van der Waals surface area contributed by atoms with Crippen LogP contribution in [0.3, 0.4) is 0 Å². The lowest BCUT2D eigenvalue weighted by Gasteiger charge is -2.23. The van der Waals surface area contributed by atoms with Gasteiger partial charge in [-0.2, -0.15) is 0 Å². The third kappa shape index (κ3) is 7.11. The molecule has 0 saturated heterocycles. The van der Waals surface area contributed by atoms with Crippen molar-refractivity contribution in [1.29, 1.82) is 0 Å². The molecule has 180 valence electrons. The summed E-state index contributed by atoms with van der Waals surface area (Å²) in [5.41, 5.74) is 6.15. The zero-order chi connectivity index (χ0) is 24.7. The molecule has 0 unspecified atom stereocenters. The number of halogens is 1. The van der Waals surface area contributed by atoms with E-state index in [-0.39, 0.29) is 11.9 Å². The van der Waals surface area contributed by atoms with Crippen LogP contribution in [0.25, 0.3) is 0 Å². The molecule has 0 aliphatic rings. The average Bonchev–Trinajstić information content (AvgIpc) is 2.79. The highest BCUT2D eigenvalue weighted by molar-refractivity contribution is 6.32. The molecule has 0 bridgehead atoms. The minimum Gasteiger partial charge on any atom is -0.487 e. The van der Waals surface area contributed by atoms with E-state index in [9.17, 15) is 4.79 Å². The molecule has 0 aliphatic heterocycles. The monoisotopic (exact) mass is 477 g/mol. The number of carbonyl (C=O) groups excluding carboxylic acids is 1. The van der Waals surface area contributed by atoms with Gasteiger partial charge in [-0.3, -0.25) is 4.79 Å². The standard InChI is InChI=1S/C30H36ClNO2/c1-6-8-24-13-12-23(19-34-29-17-22(5)11-14-27(29)31)18-26(24)30(33)32-28(15-20(2)3)25-10-7-9-21(4)16-25/h7,9-14,16-18,20,28H,6,8,15,19H2,1-5H3,(H,32,33)/t28-/m1/s1. The summed E-state index contributed by atoms with van der Waals surface area (Å²) in [5, 5.41) is 3.91. The smallest absolute Gasteiger partial charge is 0.252 e. The number of rotatable bonds is 10. The van der Waals surface area contributed by atoms with Crippen LogP contribution in [0.5, 0.6) is 5.75 Å². The van der Waals surface area contributed by atoms with E-state index in [2.05, 4.69) is 63.3 Å². The summed E-state index contributed by atoms with van der Waals surface area (Å²) in [6.45, 7) is 10.9. The van der Waals surface area contributed by atoms with Gasteiger partial charge < -0.3 is 10.1 Å². The van der Waals surface area contributed by atoms with E-state index in [1.165, 1.54) is 5.56 Å². The Hall–Kier alpha value is -2.78. The molecule has 1 N–H and O–H groups in total. The van der Waals surface area contributed by atoms with Crippen molar-refractivity contribution in [3.8, 4) is 5.75 Å². The zero-order valence-electron chi connectivity index (χ0n) is 21.0. The molecule has 1 atom stereocenters. The zero-order valence-corrected chi connectivity index (χ0v) is 21.7. The van der Waals surface area contributed by atoms with Crippen LogP contribution in [-0.4, -0.2) is 5.91 Å². The maximum absolute atomic E-state index is 13.5. The molecular formula is C30H36ClNO2. The number of nitrogens with one attached hydrogen (secondary N) is 1. The summed E-state index contributed by atoms with van der Waals surface area (Å²) in [6, 6.07) is 20.2. The van der Waals surface area contributed by atoms with Gasteiger partial charge in [-0.1, -0.05) is 86.8 Å². The summed E-state index contributed by atoms with van der Waals surface area (Å²) in [4.78, 5) is 13.5. The summed E-state index contributed by atoms with van der Waals surface area (Å²) < 4.78 is 5.99. The van der Waals surface area contributed by atoms with Crippen molar-refractivity contribution in [2.24, 2.45) is 5.92 Å². The van der Waals surface area contributed by atoms with Crippen LogP contribution in [0, 0.1) is 19.8 Å². The summed E-state index contributed by atoms with van der Waals surface area (Å²) in [5.74, 6) is 1.08. The van der Waals surface area contributed by atoms with Gasteiger partial charge in [0.2, 0.25) is 0 Å². The Morgan fingerprint density at radius 2 is 1.76 bits per heavy atom. The molecule has 4 heteroatoms. The minimum atomic E-state index is -0.0361. The van der Waals surface area contributed by atoms with E-state index in [0.717, 1.165) is 47.1 Å². The van der Waals surface area contributed by atoms with E-state index in [1.807, 2.05) is 37.3 Å². The molecule has 3 nitrogen and oxygen atoms in total. The summed E-state index contributed by atoms with van der Waals surface area (Å²) >= 11 is 6.29. The van der Waals surface area contributed by atoms with E-state index in [1.54, 1.807) is 0 Å². The number of amides is 1. The maximum atomic E-state index is 13.5. The molecule has 3 aromatic carbocycles. The second-order valence-corrected chi connectivity index (χ2v) is 9.94. The minimum absolute atomic E-state index is 0.0344. The maximum Gasteiger partial charge on any atom is 0.252 e. The van der Waals surface area contributed by atoms with Crippen molar-refractivity contribution in [3.05, 3.63) is 99.1 Å². The molecule has 0 aliphatic carbocycles. The van der Waals surface area contributed by atoms with Crippen LogP contribution in [0.4, 0.5) is 0 Å². The first-order valence-electron chi connectivity index (χ1n) is 12.1. The summed E-state index contributed by atoms with van der Waals surface area (Å²) in [7, 11) is 0. The second kappa shape index (κ2) is 12.1. The first-order chi connectivity index (χ1) is 16.3. The van der Waals surface area contributed by atoms with Crippen LogP contribution in [0.1, 0.15) is 77.8 Å². The molecule has 3 aromatic rings. The Bertz CT molecular complexity index is 1120. The van der Waals surface area contributed by atoms with Crippen LogP contribution >= 0.6 is 11.6 Å². The van der Waals surface area contributed by atoms with E-state index in [4.69, 9.17) is 16.3 Å². The molecule has 0 saturated carbocycles. The van der Waals surface area contributed by atoms with E-state index < -0.39 is 0 Å². The van der Waals surface area contributed by atoms with Crippen molar-refractivity contribution in [2.75, 3.05) is 0 Å². The van der Waals surface area contributed by atoms with Crippen LogP contribution in [0.2, 0.25) is 5.02 Å². The lowest BCUT2D eigenvalue weighted by Crippen LogP contribution is -2.30. The van der Waals surface area contributed by atoms with Crippen LogP contribution in [0.15, 0.2) is 60.7 Å². The second-order valence-electron chi connectivity index (χ2n) is 9.53.